The molecule has 0 spiro atoms. The van der Waals surface area contributed by atoms with Gasteiger partial charge in [0.05, 0.1) is 30.5 Å². The summed E-state index contributed by atoms with van der Waals surface area (Å²) >= 11 is 6.08. The molecular weight excluding hydrogens is 306 g/mol. The van der Waals surface area contributed by atoms with Gasteiger partial charge in [0.15, 0.2) is 0 Å². The largest absolute Gasteiger partial charge is 0.495 e. The number of carboxylic acid groups (broad SMARTS) is 1. The van der Waals surface area contributed by atoms with Crippen molar-refractivity contribution in [3.63, 3.8) is 0 Å². The lowest BCUT2D eigenvalue weighted by Gasteiger charge is -2.13. The summed E-state index contributed by atoms with van der Waals surface area (Å²) in [7, 11) is 3.09. The standard InChI is InChI=1S/C16H16ClNO4/c1-21-14-5-3-10(7-12(14)17)9-18-13-8-11(16(19)20)4-6-15(13)22-2/h3-8,18H,9H2,1-2H3,(H,19,20). The molecule has 0 aromatic heterocycles. The Morgan fingerprint density at radius 3 is 2.41 bits per heavy atom. The lowest BCUT2D eigenvalue weighted by atomic mass is 10.1. The first-order valence-corrected chi connectivity index (χ1v) is 6.90. The predicted octanol–water partition coefficient (Wildman–Crippen LogP) is 3.67. The summed E-state index contributed by atoms with van der Waals surface area (Å²) in [5.74, 6) is 0.193. The first-order chi connectivity index (χ1) is 10.5. The Labute approximate surface area is 133 Å². The van der Waals surface area contributed by atoms with Gasteiger partial charge in [-0.25, -0.2) is 4.79 Å². The van der Waals surface area contributed by atoms with Gasteiger partial charge >= 0.3 is 5.97 Å². The molecule has 2 aromatic rings. The number of halogens is 1. The third kappa shape index (κ3) is 3.62. The molecule has 0 fully saturated rings. The molecule has 0 amide bonds. The lowest BCUT2D eigenvalue weighted by molar-refractivity contribution is 0.0697. The van der Waals surface area contributed by atoms with E-state index >= 15 is 0 Å². The predicted molar refractivity (Wildman–Crippen MR) is 85.3 cm³/mol. The Balaban J connectivity index is 2.18. The maximum atomic E-state index is 11.0. The molecule has 0 atom stereocenters. The molecule has 6 heteroatoms. The van der Waals surface area contributed by atoms with Crippen LogP contribution in [0.5, 0.6) is 11.5 Å². The molecule has 0 saturated heterocycles. The summed E-state index contributed by atoms with van der Waals surface area (Å²) in [4.78, 5) is 11.0. The fourth-order valence-corrected chi connectivity index (χ4v) is 2.28. The maximum Gasteiger partial charge on any atom is 0.335 e. The first-order valence-electron chi connectivity index (χ1n) is 6.52. The van der Waals surface area contributed by atoms with Crippen molar-refractivity contribution >= 4 is 23.3 Å². The molecule has 0 aliphatic heterocycles. The van der Waals surface area contributed by atoms with Gasteiger partial charge in [-0.2, -0.15) is 0 Å². The number of anilines is 1. The SMILES string of the molecule is COc1ccc(CNc2cc(C(=O)O)ccc2OC)cc1Cl. The van der Waals surface area contributed by atoms with E-state index in [2.05, 4.69) is 5.32 Å². The zero-order valence-corrected chi connectivity index (χ0v) is 13.0. The molecule has 116 valence electrons. The number of hydrogen-bond donors (Lipinski definition) is 2. The first kappa shape index (κ1) is 16.0. The van der Waals surface area contributed by atoms with Crippen LogP contribution in [0.3, 0.4) is 0 Å². The third-order valence-electron chi connectivity index (χ3n) is 3.15. The van der Waals surface area contributed by atoms with Crippen molar-refractivity contribution in [1.82, 2.24) is 0 Å². The van der Waals surface area contributed by atoms with Crippen LogP contribution in [-0.4, -0.2) is 25.3 Å². The summed E-state index contributed by atoms with van der Waals surface area (Å²) in [6, 6.07) is 10.1. The molecule has 22 heavy (non-hydrogen) atoms. The van der Waals surface area contributed by atoms with Crippen molar-refractivity contribution in [3.8, 4) is 11.5 Å². The number of carbonyl (C=O) groups is 1. The van der Waals surface area contributed by atoms with E-state index in [1.165, 1.54) is 19.2 Å². The molecule has 2 N–H and O–H groups in total. The minimum absolute atomic E-state index is 0.191. The Morgan fingerprint density at radius 2 is 1.82 bits per heavy atom. The number of hydrogen-bond acceptors (Lipinski definition) is 4. The van der Waals surface area contributed by atoms with Crippen LogP contribution in [0.25, 0.3) is 0 Å². The van der Waals surface area contributed by atoms with Crippen LogP contribution in [0.15, 0.2) is 36.4 Å². The number of rotatable bonds is 6. The molecule has 0 aliphatic carbocycles. The van der Waals surface area contributed by atoms with E-state index in [4.69, 9.17) is 26.2 Å². The Bertz CT molecular complexity index is 688. The fraction of sp³-hybridized carbons (Fsp3) is 0.188. The highest BCUT2D eigenvalue weighted by Gasteiger charge is 2.09. The van der Waals surface area contributed by atoms with Crippen LogP contribution in [-0.2, 0) is 6.54 Å². The number of ether oxygens (including phenoxy) is 2. The van der Waals surface area contributed by atoms with Crippen molar-refractivity contribution in [1.29, 1.82) is 0 Å². The highest BCUT2D eigenvalue weighted by Crippen LogP contribution is 2.28. The Kier molecular flexibility index (Phi) is 5.12. The highest BCUT2D eigenvalue weighted by molar-refractivity contribution is 6.32. The van der Waals surface area contributed by atoms with Gasteiger partial charge < -0.3 is 19.9 Å². The van der Waals surface area contributed by atoms with E-state index in [-0.39, 0.29) is 5.56 Å². The van der Waals surface area contributed by atoms with Crippen molar-refractivity contribution in [2.75, 3.05) is 19.5 Å². The van der Waals surface area contributed by atoms with Gasteiger partial charge in [-0.1, -0.05) is 17.7 Å². The number of nitrogens with one attached hydrogen (secondary N) is 1. The van der Waals surface area contributed by atoms with Gasteiger partial charge in [0.2, 0.25) is 0 Å². The summed E-state index contributed by atoms with van der Waals surface area (Å²) < 4.78 is 10.3. The van der Waals surface area contributed by atoms with Gasteiger partial charge in [0, 0.05) is 6.54 Å². The number of methoxy groups -OCH3 is 2. The fourth-order valence-electron chi connectivity index (χ4n) is 2.00. The van der Waals surface area contributed by atoms with Crippen molar-refractivity contribution in [2.45, 2.75) is 6.54 Å². The summed E-state index contributed by atoms with van der Waals surface area (Å²) in [6.07, 6.45) is 0. The van der Waals surface area contributed by atoms with E-state index in [9.17, 15) is 4.79 Å². The van der Waals surface area contributed by atoms with Gasteiger partial charge in [-0.05, 0) is 35.9 Å². The van der Waals surface area contributed by atoms with E-state index in [0.29, 0.717) is 28.8 Å². The second kappa shape index (κ2) is 7.04. The number of benzene rings is 2. The topological polar surface area (TPSA) is 67.8 Å². The lowest BCUT2D eigenvalue weighted by Crippen LogP contribution is -2.04. The van der Waals surface area contributed by atoms with Gasteiger partial charge in [-0.15, -0.1) is 0 Å². The van der Waals surface area contributed by atoms with Gasteiger partial charge in [0.1, 0.15) is 11.5 Å². The van der Waals surface area contributed by atoms with Crippen LogP contribution in [0, 0.1) is 0 Å². The van der Waals surface area contributed by atoms with Crippen LogP contribution in [0.4, 0.5) is 5.69 Å². The van der Waals surface area contributed by atoms with E-state index in [0.717, 1.165) is 5.56 Å². The number of aromatic carboxylic acids is 1. The minimum Gasteiger partial charge on any atom is -0.495 e. The molecule has 0 unspecified atom stereocenters. The molecular formula is C16H16ClNO4. The van der Waals surface area contributed by atoms with Gasteiger partial charge in [0.25, 0.3) is 0 Å². The van der Waals surface area contributed by atoms with Crippen LogP contribution in [0.1, 0.15) is 15.9 Å². The van der Waals surface area contributed by atoms with Crippen molar-refractivity contribution < 1.29 is 19.4 Å². The van der Waals surface area contributed by atoms with Crippen LogP contribution >= 0.6 is 11.6 Å². The second-order valence-electron chi connectivity index (χ2n) is 4.54. The minimum atomic E-state index is -0.988. The van der Waals surface area contributed by atoms with E-state index in [1.807, 2.05) is 6.07 Å². The molecule has 2 aromatic carbocycles. The van der Waals surface area contributed by atoms with Crippen LogP contribution in [0.2, 0.25) is 5.02 Å². The van der Waals surface area contributed by atoms with Crippen LogP contribution < -0.4 is 14.8 Å². The summed E-state index contributed by atoms with van der Waals surface area (Å²) in [6.45, 7) is 0.475. The molecule has 2 rings (SSSR count). The summed E-state index contributed by atoms with van der Waals surface area (Å²) in [5, 5.41) is 12.7. The zero-order chi connectivity index (χ0) is 16.1. The monoisotopic (exact) mass is 321 g/mol. The van der Waals surface area contributed by atoms with Gasteiger partial charge in [-0.3, -0.25) is 0 Å². The maximum absolute atomic E-state index is 11.0. The third-order valence-corrected chi connectivity index (χ3v) is 3.44. The van der Waals surface area contributed by atoms with E-state index in [1.54, 1.807) is 25.3 Å². The normalized spacial score (nSPS) is 10.1. The molecule has 0 aliphatic rings. The quantitative estimate of drug-likeness (QED) is 0.849. The summed E-state index contributed by atoms with van der Waals surface area (Å²) in [5.41, 5.74) is 1.74. The molecule has 0 saturated carbocycles. The molecule has 0 bridgehead atoms. The highest BCUT2D eigenvalue weighted by atomic mass is 35.5. The zero-order valence-electron chi connectivity index (χ0n) is 12.2. The van der Waals surface area contributed by atoms with E-state index < -0.39 is 5.97 Å². The second-order valence-corrected chi connectivity index (χ2v) is 4.95. The molecule has 5 nitrogen and oxygen atoms in total. The average molecular weight is 322 g/mol. The molecule has 0 radical (unpaired) electrons. The Morgan fingerprint density at radius 1 is 1.14 bits per heavy atom. The van der Waals surface area contributed by atoms with Crippen molar-refractivity contribution in [3.05, 3.63) is 52.5 Å². The van der Waals surface area contributed by atoms with Crippen molar-refractivity contribution in [2.24, 2.45) is 0 Å². The Hall–Kier alpha value is -2.40. The smallest absolute Gasteiger partial charge is 0.335 e. The average Bonchev–Trinajstić information content (AvgIpc) is 2.52. The number of carboxylic acids is 1. The molecule has 0 heterocycles.